The summed E-state index contributed by atoms with van der Waals surface area (Å²) in [5, 5.41) is 0.678. The number of aromatic nitrogens is 1. The first-order valence-corrected chi connectivity index (χ1v) is 8.63. The normalized spacial score (nSPS) is 18.3. The van der Waals surface area contributed by atoms with Crippen molar-refractivity contribution in [1.82, 2.24) is 9.88 Å². The van der Waals surface area contributed by atoms with Crippen molar-refractivity contribution in [2.75, 3.05) is 19.8 Å². The number of pyridine rings is 1. The summed E-state index contributed by atoms with van der Waals surface area (Å²) >= 11 is 6.03. The van der Waals surface area contributed by atoms with Gasteiger partial charge in [-0.05, 0) is 43.2 Å². The molecule has 126 valence electrons. The molecule has 1 amide bonds. The average molecular weight is 345 g/mol. The van der Waals surface area contributed by atoms with Gasteiger partial charge in [-0.2, -0.15) is 0 Å². The van der Waals surface area contributed by atoms with Crippen LogP contribution >= 0.6 is 11.6 Å². The molecule has 0 saturated carbocycles. The SMILES string of the molecule is CCN(C(=O)[C@@H]1CCOC1)[C@@H](c1ccc(Cl)cc1)c1ccccn1. The largest absolute Gasteiger partial charge is 0.381 e. The van der Waals surface area contributed by atoms with E-state index in [9.17, 15) is 4.79 Å². The molecule has 2 atom stereocenters. The van der Waals surface area contributed by atoms with Gasteiger partial charge in [0.05, 0.1) is 24.3 Å². The Morgan fingerprint density at radius 1 is 1.33 bits per heavy atom. The number of ether oxygens (including phenoxy) is 1. The van der Waals surface area contributed by atoms with E-state index in [4.69, 9.17) is 16.3 Å². The minimum absolute atomic E-state index is 0.0662. The maximum Gasteiger partial charge on any atom is 0.228 e. The van der Waals surface area contributed by atoms with E-state index in [2.05, 4.69) is 4.98 Å². The molecule has 3 rings (SSSR count). The summed E-state index contributed by atoms with van der Waals surface area (Å²) in [6.45, 7) is 3.77. The Bertz CT molecular complexity index is 670. The van der Waals surface area contributed by atoms with Crippen LogP contribution in [-0.4, -0.2) is 35.5 Å². The van der Waals surface area contributed by atoms with Gasteiger partial charge in [-0.1, -0.05) is 29.8 Å². The Hall–Kier alpha value is -1.91. The number of nitrogens with zero attached hydrogens (tertiary/aromatic N) is 2. The highest BCUT2D eigenvalue weighted by Crippen LogP contribution is 2.30. The molecule has 1 saturated heterocycles. The number of hydrogen-bond acceptors (Lipinski definition) is 3. The lowest BCUT2D eigenvalue weighted by Crippen LogP contribution is -2.40. The Kier molecular flexibility index (Phi) is 5.48. The van der Waals surface area contributed by atoms with Crippen molar-refractivity contribution in [2.45, 2.75) is 19.4 Å². The molecule has 0 N–H and O–H groups in total. The van der Waals surface area contributed by atoms with E-state index in [1.165, 1.54) is 0 Å². The number of hydrogen-bond donors (Lipinski definition) is 0. The summed E-state index contributed by atoms with van der Waals surface area (Å²) in [6.07, 6.45) is 2.54. The highest BCUT2D eigenvalue weighted by molar-refractivity contribution is 6.30. The molecule has 2 aromatic rings. The third-order valence-corrected chi connectivity index (χ3v) is 4.62. The van der Waals surface area contributed by atoms with Crippen molar-refractivity contribution >= 4 is 17.5 Å². The van der Waals surface area contributed by atoms with Gasteiger partial charge in [-0.3, -0.25) is 9.78 Å². The van der Waals surface area contributed by atoms with Gasteiger partial charge in [0.1, 0.15) is 0 Å². The Morgan fingerprint density at radius 2 is 2.12 bits per heavy atom. The zero-order valence-electron chi connectivity index (χ0n) is 13.7. The van der Waals surface area contributed by atoms with E-state index < -0.39 is 0 Å². The zero-order valence-corrected chi connectivity index (χ0v) is 14.4. The average Bonchev–Trinajstić information content (AvgIpc) is 3.15. The van der Waals surface area contributed by atoms with Gasteiger partial charge in [0.25, 0.3) is 0 Å². The number of carbonyl (C=O) groups excluding carboxylic acids is 1. The third kappa shape index (κ3) is 3.60. The van der Waals surface area contributed by atoms with Gasteiger partial charge in [0.2, 0.25) is 5.91 Å². The molecule has 1 fully saturated rings. The van der Waals surface area contributed by atoms with Crippen LogP contribution in [-0.2, 0) is 9.53 Å². The van der Waals surface area contributed by atoms with Gasteiger partial charge < -0.3 is 9.64 Å². The minimum Gasteiger partial charge on any atom is -0.381 e. The number of rotatable bonds is 5. The smallest absolute Gasteiger partial charge is 0.228 e. The van der Waals surface area contributed by atoms with Crippen LogP contribution < -0.4 is 0 Å². The van der Waals surface area contributed by atoms with Crippen molar-refractivity contribution in [3.8, 4) is 0 Å². The second kappa shape index (κ2) is 7.77. The first-order chi connectivity index (χ1) is 11.7. The van der Waals surface area contributed by atoms with Crippen LogP contribution in [0.4, 0.5) is 0 Å². The number of carbonyl (C=O) groups is 1. The van der Waals surface area contributed by atoms with Crippen LogP contribution in [0.25, 0.3) is 0 Å². The molecule has 0 unspecified atom stereocenters. The summed E-state index contributed by atoms with van der Waals surface area (Å²) in [7, 11) is 0. The van der Waals surface area contributed by atoms with E-state index in [1.54, 1.807) is 6.20 Å². The second-order valence-electron chi connectivity index (χ2n) is 5.89. The van der Waals surface area contributed by atoms with Crippen LogP contribution in [0.3, 0.4) is 0 Å². The molecule has 24 heavy (non-hydrogen) atoms. The van der Waals surface area contributed by atoms with E-state index in [1.807, 2.05) is 54.3 Å². The van der Waals surface area contributed by atoms with E-state index in [0.717, 1.165) is 17.7 Å². The zero-order chi connectivity index (χ0) is 16.9. The maximum absolute atomic E-state index is 13.0. The first-order valence-electron chi connectivity index (χ1n) is 8.25. The van der Waals surface area contributed by atoms with Gasteiger partial charge in [-0.25, -0.2) is 0 Å². The fourth-order valence-electron chi connectivity index (χ4n) is 3.12. The second-order valence-corrected chi connectivity index (χ2v) is 6.33. The monoisotopic (exact) mass is 344 g/mol. The van der Waals surface area contributed by atoms with E-state index in [0.29, 0.717) is 24.8 Å². The van der Waals surface area contributed by atoms with Crippen molar-refractivity contribution in [3.05, 3.63) is 64.9 Å². The molecule has 0 radical (unpaired) electrons. The minimum atomic E-state index is -0.221. The standard InChI is InChI=1S/C19H21ClN2O2/c1-2-22(19(23)15-10-12-24-13-15)18(17-5-3-4-11-21-17)14-6-8-16(20)9-7-14/h3-9,11,15,18H,2,10,12-13H2,1H3/t15-,18+/m1/s1. The van der Waals surface area contributed by atoms with Crippen molar-refractivity contribution in [3.63, 3.8) is 0 Å². The van der Waals surface area contributed by atoms with E-state index >= 15 is 0 Å². The Balaban J connectivity index is 1.98. The van der Waals surface area contributed by atoms with E-state index in [-0.39, 0.29) is 17.9 Å². The molecule has 2 heterocycles. The van der Waals surface area contributed by atoms with Crippen molar-refractivity contribution < 1.29 is 9.53 Å². The predicted octanol–water partition coefficient (Wildman–Crippen LogP) is 3.71. The molecule has 5 heteroatoms. The Morgan fingerprint density at radius 3 is 2.71 bits per heavy atom. The summed E-state index contributed by atoms with van der Waals surface area (Å²) < 4.78 is 5.40. The summed E-state index contributed by atoms with van der Waals surface area (Å²) in [4.78, 5) is 19.4. The molecule has 1 aliphatic rings. The molecule has 1 aromatic heterocycles. The molecule has 0 bridgehead atoms. The van der Waals surface area contributed by atoms with Crippen LogP contribution in [0.15, 0.2) is 48.7 Å². The molecule has 4 nitrogen and oxygen atoms in total. The first kappa shape index (κ1) is 16.9. The Labute approximate surface area is 147 Å². The number of benzene rings is 1. The molecule has 0 spiro atoms. The van der Waals surface area contributed by atoms with Crippen molar-refractivity contribution in [1.29, 1.82) is 0 Å². The highest BCUT2D eigenvalue weighted by atomic mass is 35.5. The lowest BCUT2D eigenvalue weighted by Gasteiger charge is -2.32. The molecule has 1 aliphatic heterocycles. The van der Waals surface area contributed by atoms with Gasteiger partial charge in [0.15, 0.2) is 0 Å². The van der Waals surface area contributed by atoms with Crippen LogP contribution in [0, 0.1) is 5.92 Å². The number of amides is 1. The molecular weight excluding hydrogens is 324 g/mol. The van der Waals surface area contributed by atoms with Crippen LogP contribution in [0.5, 0.6) is 0 Å². The molecule has 1 aromatic carbocycles. The van der Waals surface area contributed by atoms with Crippen LogP contribution in [0.1, 0.15) is 30.6 Å². The summed E-state index contributed by atoms with van der Waals surface area (Å²) in [6, 6.07) is 13.2. The predicted molar refractivity (Wildman–Crippen MR) is 93.8 cm³/mol. The van der Waals surface area contributed by atoms with Crippen molar-refractivity contribution in [2.24, 2.45) is 5.92 Å². The lowest BCUT2D eigenvalue weighted by molar-refractivity contribution is -0.137. The maximum atomic E-state index is 13.0. The summed E-state index contributed by atoms with van der Waals surface area (Å²) in [5.74, 6) is 0.0593. The molecule has 0 aliphatic carbocycles. The fourth-order valence-corrected chi connectivity index (χ4v) is 3.25. The van der Waals surface area contributed by atoms with Gasteiger partial charge in [0, 0.05) is 24.4 Å². The fraction of sp³-hybridized carbons (Fsp3) is 0.368. The van der Waals surface area contributed by atoms with Gasteiger partial charge in [-0.15, -0.1) is 0 Å². The third-order valence-electron chi connectivity index (χ3n) is 4.37. The van der Waals surface area contributed by atoms with Gasteiger partial charge >= 0.3 is 0 Å². The lowest BCUT2D eigenvalue weighted by atomic mass is 9.98. The highest BCUT2D eigenvalue weighted by Gasteiger charge is 2.33. The number of halogens is 1. The molecular formula is C19H21ClN2O2. The van der Waals surface area contributed by atoms with Crippen LogP contribution in [0.2, 0.25) is 5.02 Å². The quantitative estimate of drug-likeness (QED) is 0.830. The summed E-state index contributed by atoms with van der Waals surface area (Å²) in [5.41, 5.74) is 1.86. The topological polar surface area (TPSA) is 42.4 Å².